The third kappa shape index (κ3) is 3.64. The second kappa shape index (κ2) is 7.50. The molecule has 0 aliphatic heterocycles. The molecule has 0 saturated carbocycles. The van der Waals surface area contributed by atoms with Crippen molar-refractivity contribution in [3.63, 3.8) is 0 Å². The van der Waals surface area contributed by atoms with Crippen LogP contribution in [0.2, 0.25) is 0 Å². The fraction of sp³-hybridized carbons (Fsp3) is 0.368. The van der Waals surface area contributed by atoms with E-state index in [1.165, 1.54) is 17.5 Å². The van der Waals surface area contributed by atoms with Gasteiger partial charge in [-0.3, -0.25) is 0 Å². The lowest BCUT2D eigenvalue weighted by atomic mass is 9.75. The molecule has 106 valence electrons. The molecule has 1 heteroatoms. The van der Waals surface area contributed by atoms with Crippen molar-refractivity contribution in [2.45, 2.75) is 38.0 Å². The third-order valence-corrected chi connectivity index (χ3v) is 4.79. The number of aryl methyl sites for hydroxylation is 1. The molecule has 0 aliphatic carbocycles. The van der Waals surface area contributed by atoms with E-state index >= 15 is 0 Å². The quantitative estimate of drug-likeness (QED) is 0.582. The van der Waals surface area contributed by atoms with Crippen molar-refractivity contribution in [3.05, 3.63) is 71.8 Å². The van der Waals surface area contributed by atoms with Crippen LogP contribution in [-0.2, 0) is 11.8 Å². The van der Waals surface area contributed by atoms with E-state index in [9.17, 15) is 0 Å². The van der Waals surface area contributed by atoms with Crippen LogP contribution in [0.25, 0.3) is 0 Å². The van der Waals surface area contributed by atoms with Gasteiger partial charge in [0.05, 0.1) is 0 Å². The average Bonchev–Trinajstić information content (AvgIpc) is 2.54. The number of benzene rings is 2. The molecular weight excluding hydrogens is 264 g/mol. The third-order valence-electron chi connectivity index (χ3n) is 4.28. The minimum atomic E-state index is 0.123. The zero-order chi connectivity index (χ0) is 14.3. The second-order valence-corrected chi connectivity index (χ2v) is 5.74. The molecule has 0 nitrogen and oxygen atoms in total. The molecule has 0 heterocycles. The molecule has 0 fully saturated rings. The maximum Gasteiger partial charge on any atom is 0.0320 e. The van der Waals surface area contributed by atoms with Gasteiger partial charge in [-0.1, -0.05) is 67.6 Å². The average molecular weight is 287 g/mol. The van der Waals surface area contributed by atoms with Gasteiger partial charge >= 0.3 is 0 Å². The van der Waals surface area contributed by atoms with Crippen LogP contribution >= 0.6 is 11.6 Å². The fourth-order valence-corrected chi connectivity index (χ4v) is 3.31. The van der Waals surface area contributed by atoms with Crippen LogP contribution in [-0.4, -0.2) is 5.88 Å². The van der Waals surface area contributed by atoms with Crippen LogP contribution < -0.4 is 0 Å². The Morgan fingerprint density at radius 2 is 1.50 bits per heavy atom. The molecule has 2 aromatic carbocycles. The summed E-state index contributed by atoms with van der Waals surface area (Å²) in [4.78, 5) is 0. The molecule has 0 aliphatic rings. The van der Waals surface area contributed by atoms with Crippen molar-refractivity contribution in [3.8, 4) is 0 Å². The summed E-state index contributed by atoms with van der Waals surface area (Å²) in [5.41, 5.74) is 2.92. The standard InChI is InChI=1S/C19H23Cl/c1-2-19(16-20,18-13-7-4-8-14-18)15-9-12-17-10-5-3-6-11-17/h3-8,10-11,13-14H,2,9,12,15-16H2,1H3. The summed E-state index contributed by atoms with van der Waals surface area (Å²) in [6.07, 6.45) is 4.55. The van der Waals surface area contributed by atoms with Crippen molar-refractivity contribution >= 4 is 11.6 Å². The van der Waals surface area contributed by atoms with Crippen molar-refractivity contribution in [1.29, 1.82) is 0 Å². The summed E-state index contributed by atoms with van der Waals surface area (Å²) in [5, 5.41) is 0. The fourth-order valence-electron chi connectivity index (χ4n) is 2.83. The van der Waals surface area contributed by atoms with Crippen molar-refractivity contribution < 1.29 is 0 Å². The summed E-state index contributed by atoms with van der Waals surface area (Å²) < 4.78 is 0. The van der Waals surface area contributed by atoms with E-state index < -0.39 is 0 Å². The predicted molar refractivity (Wildman–Crippen MR) is 88.5 cm³/mol. The summed E-state index contributed by atoms with van der Waals surface area (Å²) >= 11 is 6.34. The van der Waals surface area contributed by atoms with Gasteiger partial charge < -0.3 is 0 Å². The zero-order valence-corrected chi connectivity index (χ0v) is 12.9. The number of hydrogen-bond donors (Lipinski definition) is 0. The van der Waals surface area contributed by atoms with Crippen molar-refractivity contribution in [2.24, 2.45) is 0 Å². The number of halogens is 1. The van der Waals surface area contributed by atoms with Crippen LogP contribution in [0.5, 0.6) is 0 Å². The minimum Gasteiger partial charge on any atom is -0.126 e. The molecule has 0 amide bonds. The molecule has 20 heavy (non-hydrogen) atoms. The monoisotopic (exact) mass is 286 g/mol. The van der Waals surface area contributed by atoms with Gasteiger partial charge in [0.1, 0.15) is 0 Å². The van der Waals surface area contributed by atoms with Crippen molar-refractivity contribution in [1.82, 2.24) is 0 Å². The minimum absolute atomic E-state index is 0.123. The van der Waals surface area contributed by atoms with E-state index in [1.54, 1.807) is 0 Å². The first-order valence-corrected chi connectivity index (χ1v) is 7.99. The van der Waals surface area contributed by atoms with E-state index in [0.717, 1.165) is 19.3 Å². The van der Waals surface area contributed by atoms with Gasteiger partial charge in [-0.25, -0.2) is 0 Å². The lowest BCUT2D eigenvalue weighted by Gasteiger charge is -2.31. The Morgan fingerprint density at radius 3 is 2.05 bits per heavy atom. The molecule has 1 atom stereocenters. The van der Waals surface area contributed by atoms with Gasteiger partial charge in [0.2, 0.25) is 0 Å². The predicted octanol–water partition coefficient (Wildman–Crippen LogP) is 5.60. The van der Waals surface area contributed by atoms with E-state index in [4.69, 9.17) is 11.6 Å². The zero-order valence-electron chi connectivity index (χ0n) is 12.2. The first-order chi connectivity index (χ1) is 9.80. The van der Waals surface area contributed by atoms with E-state index in [2.05, 4.69) is 67.6 Å². The first-order valence-electron chi connectivity index (χ1n) is 7.46. The van der Waals surface area contributed by atoms with Crippen LogP contribution in [0.4, 0.5) is 0 Å². The summed E-state index contributed by atoms with van der Waals surface area (Å²) in [7, 11) is 0. The van der Waals surface area contributed by atoms with Crippen molar-refractivity contribution in [2.75, 3.05) is 5.88 Å². The molecule has 0 aromatic heterocycles. The second-order valence-electron chi connectivity index (χ2n) is 5.47. The van der Waals surface area contributed by atoms with Crippen LogP contribution in [0.1, 0.15) is 37.3 Å². The topological polar surface area (TPSA) is 0 Å². The van der Waals surface area contributed by atoms with Crippen LogP contribution in [0.3, 0.4) is 0 Å². The molecule has 0 spiro atoms. The molecular formula is C19H23Cl. The Kier molecular flexibility index (Phi) is 5.67. The Bertz CT molecular complexity index is 486. The normalized spacial score (nSPS) is 13.9. The van der Waals surface area contributed by atoms with E-state index in [-0.39, 0.29) is 5.41 Å². The molecule has 0 saturated heterocycles. The highest BCUT2D eigenvalue weighted by Gasteiger charge is 2.28. The highest BCUT2D eigenvalue weighted by Crippen LogP contribution is 2.34. The van der Waals surface area contributed by atoms with Gasteiger partial charge in [-0.2, -0.15) is 0 Å². The van der Waals surface area contributed by atoms with Gasteiger partial charge in [0, 0.05) is 11.3 Å². The molecule has 1 unspecified atom stereocenters. The maximum atomic E-state index is 6.34. The van der Waals surface area contributed by atoms with E-state index in [0.29, 0.717) is 5.88 Å². The van der Waals surface area contributed by atoms with Gasteiger partial charge in [-0.15, -0.1) is 11.6 Å². The lowest BCUT2D eigenvalue weighted by molar-refractivity contribution is 0.411. The Hall–Kier alpha value is -1.27. The molecule has 0 bridgehead atoms. The van der Waals surface area contributed by atoms with Crippen LogP contribution in [0, 0.1) is 0 Å². The number of rotatable bonds is 7. The molecule has 2 aromatic rings. The Morgan fingerprint density at radius 1 is 0.900 bits per heavy atom. The van der Waals surface area contributed by atoms with Gasteiger partial charge in [0.15, 0.2) is 0 Å². The highest BCUT2D eigenvalue weighted by atomic mass is 35.5. The lowest BCUT2D eigenvalue weighted by Crippen LogP contribution is -2.27. The largest absolute Gasteiger partial charge is 0.126 e. The molecule has 2 rings (SSSR count). The smallest absolute Gasteiger partial charge is 0.0320 e. The summed E-state index contributed by atoms with van der Waals surface area (Å²) in [6.45, 7) is 2.25. The SMILES string of the molecule is CCC(CCl)(CCCc1ccccc1)c1ccccc1. The van der Waals surface area contributed by atoms with Crippen LogP contribution in [0.15, 0.2) is 60.7 Å². The molecule has 0 radical (unpaired) electrons. The van der Waals surface area contributed by atoms with E-state index in [1.807, 2.05) is 0 Å². The highest BCUT2D eigenvalue weighted by molar-refractivity contribution is 6.18. The Balaban J connectivity index is 2.03. The number of hydrogen-bond acceptors (Lipinski definition) is 0. The molecule has 0 N–H and O–H groups in total. The van der Waals surface area contributed by atoms with Gasteiger partial charge in [0.25, 0.3) is 0 Å². The van der Waals surface area contributed by atoms with Gasteiger partial charge in [-0.05, 0) is 36.8 Å². The summed E-state index contributed by atoms with van der Waals surface area (Å²) in [5.74, 6) is 0.697. The number of alkyl halides is 1. The summed E-state index contributed by atoms with van der Waals surface area (Å²) in [6, 6.07) is 21.4. The maximum absolute atomic E-state index is 6.34. The first kappa shape index (κ1) is 15.1. The Labute approximate surface area is 127 Å².